The van der Waals surface area contributed by atoms with Crippen molar-refractivity contribution in [3.8, 4) is 0 Å². The summed E-state index contributed by atoms with van der Waals surface area (Å²) in [5.74, 6) is 1.89. The Morgan fingerprint density at radius 3 is 2.87 bits per heavy atom. The van der Waals surface area contributed by atoms with Crippen molar-refractivity contribution in [1.82, 2.24) is 15.6 Å². The Morgan fingerprint density at radius 2 is 2.09 bits per heavy atom. The van der Waals surface area contributed by atoms with E-state index >= 15 is 0 Å². The van der Waals surface area contributed by atoms with E-state index in [0.29, 0.717) is 0 Å². The lowest BCUT2D eigenvalue weighted by Gasteiger charge is -2.11. The molecule has 126 valence electrons. The molecule has 1 aliphatic carbocycles. The van der Waals surface area contributed by atoms with Crippen molar-refractivity contribution in [3.05, 3.63) is 36.0 Å². The van der Waals surface area contributed by atoms with E-state index in [1.807, 2.05) is 0 Å². The largest absolute Gasteiger partial charge is 0.361 e. The van der Waals surface area contributed by atoms with Crippen molar-refractivity contribution >= 4 is 40.8 Å². The first-order chi connectivity index (χ1) is 10.9. The maximum Gasteiger partial charge on any atom is 0.191 e. The molecule has 0 unspecified atom stereocenters. The molecule has 2 aromatic rings. The first-order valence-electron chi connectivity index (χ1n) is 8.44. The summed E-state index contributed by atoms with van der Waals surface area (Å²) in [4.78, 5) is 7.99. The topological polar surface area (TPSA) is 52.2 Å². The Labute approximate surface area is 155 Å². The van der Waals surface area contributed by atoms with Gasteiger partial charge in [0, 0.05) is 36.7 Å². The first kappa shape index (κ1) is 18.1. The molecule has 0 aliphatic heterocycles. The van der Waals surface area contributed by atoms with Crippen LogP contribution in [0.1, 0.15) is 31.7 Å². The van der Waals surface area contributed by atoms with Crippen molar-refractivity contribution in [3.63, 3.8) is 0 Å². The van der Waals surface area contributed by atoms with E-state index in [4.69, 9.17) is 0 Å². The normalized spacial score (nSPS) is 14.6. The summed E-state index contributed by atoms with van der Waals surface area (Å²) in [6.07, 6.45) is 7.15. The van der Waals surface area contributed by atoms with Crippen LogP contribution in [0, 0.1) is 5.92 Å². The molecule has 5 heteroatoms. The van der Waals surface area contributed by atoms with Crippen LogP contribution in [0.25, 0.3) is 10.9 Å². The van der Waals surface area contributed by atoms with Crippen molar-refractivity contribution in [2.45, 2.75) is 32.6 Å². The van der Waals surface area contributed by atoms with Gasteiger partial charge in [-0.2, -0.15) is 0 Å². The number of hydrogen-bond donors (Lipinski definition) is 3. The highest BCUT2D eigenvalue weighted by Crippen LogP contribution is 2.32. The highest BCUT2D eigenvalue weighted by atomic mass is 127. The summed E-state index contributed by atoms with van der Waals surface area (Å²) < 4.78 is 0. The van der Waals surface area contributed by atoms with Gasteiger partial charge in [-0.1, -0.05) is 31.0 Å². The molecule has 23 heavy (non-hydrogen) atoms. The van der Waals surface area contributed by atoms with Crippen molar-refractivity contribution in [1.29, 1.82) is 0 Å². The van der Waals surface area contributed by atoms with Gasteiger partial charge in [-0.15, -0.1) is 24.0 Å². The smallest absolute Gasteiger partial charge is 0.191 e. The lowest BCUT2D eigenvalue weighted by atomic mass is 10.1. The Bertz CT molecular complexity index is 631. The van der Waals surface area contributed by atoms with Crippen LogP contribution in [-0.2, 0) is 6.42 Å². The number of nitrogens with one attached hydrogen (secondary N) is 3. The molecule has 1 aromatic carbocycles. The fraction of sp³-hybridized carbons (Fsp3) is 0.500. The van der Waals surface area contributed by atoms with Gasteiger partial charge >= 0.3 is 0 Å². The number of nitrogens with zero attached hydrogens (tertiary/aromatic N) is 1. The van der Waals surface area contributed by atoms with Crippen LogP contribution in [0.3, 0.4) is 0 Å². The standard InChI is InChI=1S/C18H26N4.HI/c1-2-19-18(20-11-9-14-7-8-14)21-12-10-15-13-22-17-6-4-3-5-16(15)17;/h3-6,13-14,22H,2,7-12H2,1H3,(H2,19,20,21);1H. The first-order valence-corrected chi connectivity index (χ1v) is 8.44. The van der Waals surface area contributed by atoms with E-state index in [1.165, 1.54) is 35.7 Å². The minimum absolute atomic E-state index is 0. The number of benzene rings is 1. The van der Waals surface area contributed by atoms with Crippen LogP contribution in [0.5, 0.6) is 0 Å². The van der Waals surface area contributed by atoms with Gasteiger partial charge in [0.15, 0.2) is 5.96 Å². The number of fused-ring (bicyclic) bond motifs is 1. The molecule has 1 heterocycles. The molecule has 3 rings (SSSR count). The van der Waals surface area contributed by atoms with Gasteiger partial charge < -0.3 is 15.6 Å². The molecule has 0 radical (unpaired) electrons. The fourth-order valence-electron chi connectivity index (χ4n) is 2.76. The van der Waals surface area contributed by atoms with Crippen molar-refractivity contribution in [2.24, 2.45) is 10.9 Å². The summed E-state index contributed by atoms with van der Waals surface area (Å²) in [6, 6.07) is 8.46. The predicted octanol–water partition coefficient (Wildman–Crippen LogP) is 3.68. The average molecular weight is 426 g/mol. The summed E-state index contributed by atoms with van der Waals surface area (Å²) in [7, 11) is 0. The van der Waals surface area contributed by atoms with E-state index in [1.54, 1.807) is 0 Å². The summed E-state index contributed by atoms with van der Waals surface area (Å²) in [6.45, 7) is 4.85. The molecular weight excluding hydrogens is 399 g/mol. The van der Waals surface area contributed by atoms with Gasteiger partial charge in [0.25, 0.3) is 0 Å². The minimum Gasteiger partial charge on any atom is -0.361 e. The Morgan fingerprint density at radius 1 is 1.26 bits per heavy atom. The van der Waals surface area contributed by atoms with Gasteiger partial charge in [0.1, 0.15) is 0 Å². The highest BCUT2D eigenvalue weighted by Gasteiger charge is 2.20. The number of aromatic amines is 1. The monoisotopic (exact) mass is 426 g/mol. The number of aliphatic imine (C=N–C) groups is 1. The summed E-state index contributed by atoms with van der Waals surface area (Å²) >= 11 is 0. The van der Waals surface area contributed by atoms with Crippen LogP contribution >= 0.6 is 24.0 Å². The van der Waals surface area contributed by atoms with Gasteiger partial charge in [-0.05, 0) is 37.3 Å². The van der Waals surface area contributed by atoms with Gasteiger partial charge in [-0.25, -0.2) is 0 Å². The zero-order valence-corrected chi connectivity index (χ0v) is 16.1. The molecule has 0 atom stereocenters. The Kier molecular flexibility index (Phi) is 7.20. The average Bonchev–Trinajstić information content (AvgIpc) is 3.27. The molecule has 1 fully saturated rings. The van der Waals surface area contributed by atoms with E-state index < -0.39 is 0 Å². The maximum absolute atomic E-state index is 4.66. The zero-order valence-electron chi connectivity index (χ0n) is 13.8. The third-order valence-corrected chi connectivity index (χ3v) is 4.21. The lowest BCUT2D eigenvalue weighted by molar-refractivity contribution is 0.724. The quantitative estimate of drug-likeness (QED) is 0.360. The maximum atomic E-state index is 4.66. The fourth-order valence-corrected chi connectivity index (χ4v) is 2.76. The number of H-pyrrole nitrogens is 1. The molecule has 4 nitrogen and oxygen atoms in total. The third-order valence-electron chi connectivity index (χ3n) is 4.21. The SMILES string of the molecule is CCNC(=NCCC1CC1)NCCc1c[nH]c2ccccc12.I. The number of halogens is 1. The molecule has 0 amide bonds. The minimum atomic E-state index is 0. The Hall–Kier alpha value is -1.24. The number of rotatable bonds is 7. The molecule has 1 aromatic heterocycles. The number of guanidine groups is 1. The molecule has 1 saturated carbocycles. The number of hydrogen-bond acceptors (Lipinski definition) is 1. The van der Waals surface area contributed by atoms with Gasteiger partial charge in [0.2, 0.25) is 0 Å². The van der Waals surface area contributed by atoms with E-state index in [-0.39, 0.29) is 24.0 Å². The summed E-state index contributed by atoms with van der Waals surface area (Å²) in [5, 5.41) is 8.09. The van der Waals surface area contributed by atoms with Crippen LogP contribution in [0.4, 0.5) is 0 Å². The highest BCUT2D eigenvalue weighted by molar-refractivity contribution is 14.0. The summed E-state index contributed by atoms with van der Waals surface area (Å²) in [5.41, 5.74) is 2.57. The second-order valence-electron chi connectivity index (χ2n) is 6.03. The van der Waals surface area contributed by atoms with Crippen LogP contribution in [-0.4, -0.2) is 30.6 Å². The molecule has 0 saturated heterocycles. The second-order valence-corrected chi connectivity index (χ2v) is 6.03. The molecule has 1 aliphatic rings. The molecule has 3 N–H and O–H groups in total. The van der Waals surface area contributed by atoms with Crippen molar-refractivity contribution in [2.75, 3.05) is 19.6 Å². The zero-order chi connectivity index (χ0) is 15.2. The number of para-hydroxylation sites is 1. The predicted molar refractivity (Wildman–Crippen MR) is 109 cm³/mol. The van der Waals surface area contributed by atoms with E-state index in [9.17, 15) is 0 Å². The molecule has 0 spiro atoms. The van der Waals surface area contributed by atoms with Crippen LogP contribution in [0.2, 0.25) is 0 Å². The van der Waals surface area contributed by atoms with Crippen molar-refractivity contribution < 1.29 is 0 Å². The van der Waals surface area contributed by atoms with E-state index in [2.05, 4.69) is 58.0 Å². The lowest BCUT2D eigenvalue weighted by Crippen LogP contribution is -2.38. The second kappa shape index (κ2) is 9.15. The van der Waals surface area contributed by atoms with Crippen LogP contribution in [0.15, 0.2) is 35.5 Å². The van der Waals surface area contributed by atoms with Gasteiger partial charge in [0.05, 0.1) is 0 Å². The Balaban J connectivity index is 0.00000192. The third kappa shape index (κ3) is 5.41. The van der Waals surface area contributed by atoms with Gasteiger partial charge in [-0.3, -0.25) is 4.99 Å². The number of aromatic nitrogens is 1. The molecule has 0 bridgehead atoms. The van der Waals surface area contributed by atoms with E-state index in [0.717, 1.165) is 37.9 Å². The molecular formula is C18H27IN4. The van der Waals surface area contributed by atoms with Crippen LogP contribution < -0.4 is 10.6 Å².